The highest BCUT2D eigenvalue weighted by atomic mass is 16.4. The Morgan fingerprint density at radius 3 is 2.67 bits per heavy atom. The summed E-state index contributed by atoms with van der Waals surface area (Å²) in [5.74, 6) is 0.285. The SMILES string of the molecule is C[C@H](CC(=O)O)C1CCNCC1. The zero-order chi connectivity index (χ0) is 8.97. The van der Waals surface area contributed by atoms with E-state index in [0.29, 0.717) is 18.3 Å². The molecule has 0 radical (unpaired) electrons. The average Bonchev–Trinajstić information content (AvgIpc) is 2.05. The van der Waals surface area contributed by atoms with Gasteiger partial charge in [0.05, 0.1) is 0 Å². The van der Waals surface area contributed by atoms with E-state index in [0.717, 1.165) is 25.9 Å². The van der Waals surface area contributed by atoms with Crippen molar-refractivity contribution < 1.29 is 9.90 Å². The average molecular weight is 171 g/mol. The highest BCUT2D eigenvalue weighted by molar-refractivity contribution is 5.66. The molecule has 0 saturated carbocycles. The molecule has 0 aromatic rings. The number of carboxylic acid groups (broad SMARTS) is 1. The number of hydrogen-bond acceptors (Lipinski definition) is 2. The molecule has 0 unspecified atom stereocenters. The van der Waals surface area contributed by atoms with Gasteiger partial charge in [0.25, 0.3) is 0 Å². The topological polar surface area (TPSA) is 49.3 Å². The lowest BCUT2D eigenvalue weighted by Gasteiger charge is -2.27. The van der Waals surface area contributed by atoms with Crippen LogP contribution in [0.4, 0.5) is 0 Å². The van der Waals surface area contributed by atoms with Crippen LogP contribution in [0, 0.1) is 11.8 Å². The van der Waals surface area contributed by atoms with Crippen molar-refractivity contribution in [3.8, 4) is 0 Å². The van der Waals surface area contributed by atoms with Crippen molar-refractivity contribution in [3.63, 3.8) is 0 Å². The van der Waals surface area contributed by atoms with Gasteiger partial charge in [-0.2, -0.15) is 0 Å². The lowest BCUT2D eigenvalue weighted by molar-refractivity contribution is -0.138. The molecular formula is C9H17NO2. The van der Waals surface area contributed by atoms with Crippen LogP contribution in [0.3, 0.4) is 0 Å². The molecule has 1 saturated heterocycles. The molecule has 1 atom stereocenters. The van der Waals surface area contributed by atoms with Crippen molar-refractivity contribution in [3.05, 3.63) is 0 Å². The van der Waals surface area contributed by atoms with Gasteiger partial charge in [0, 0.05) is 6.42 Å². The lowest BCUT2D eigenvalue weighted by atomic mass is 9.84. The van der Waals surface area contributed by atoms with Gasteiger partial charge in [-0.05, 0) is 37.8 Å². The first kappa shape index (κ1) is 9.52. The van der Waals surface area contributed by atoms with Crippen LogP contribution in [0.5, 0.6) is 0 Å². The molecule has 2 N–H and O–H groups in total. The molecule has 0 aromatic carbocycles. The molecule has 0 amide bonds. The zero-order valence-corrected chi connectivity index (χ0v) is 7.55. The van der Waals surface area contributed by atoms with E-state index in [-0.39, 0.29) is 0 Å². The Bertz CT molecular complexity index is 153. The van der Waals surface area contributed by atoms with E-state index in [1.165, 1.54) is 0 Å². The summed E-state index contributed by atoms with van der Waals surface area (Å²) in [6.45, 7) is 4.15. The molecule has 12 heavy (non-hydrogen) atoms. The third kappa shape index (κ3) is 2.81. The van der Waals surface area contributed by atoms with Crippen LogP contribution in [0.25, 0.3) is 0 Å². The van der Waals surface area contributed by atoms with Crippen LogP contribution in [0.1, 0.15) is 26.2 Å². The fourth-order valence-corrected chi connectivity index (χ4v) is 1.86. The van der Waals surface area contributed by atoms with Crippen LogP contribution in [-0.4, -0.2) is 24.2 Å². The van der Waals surface area contributed by atoms with Crippen LogP contribution in [0.2, 0.25) is 0 Å². The van der Waals surface area contributed by atoms with Crippen molar-refractivity contribution >= 4 is 5.97 Å². The van der Waals surface area contributed by atoms with Gasteiger partial charge in [0.1, 0.15) is 0 Å². The Labute approximate surface area is 73.2 Å². The number of piperidine rings is 1. The third-order valence-electron chi connectivity index (χ3n) is 2.69. The van der Waals surface area contributed by atoms with E-state index in [2.05, 4.69) is 5.32 Å². The summed E-state index contributed by atoms with van der Waals surface area (Å²) in [7, 11) is 0. The molecule has 1 fully saturated rings. The second kappa shape index (κ2) is 4.45. The first-order chi connectivity index (χ1) is 5.70. The predicted molar refractivity (Wildman–Crippen MR) is 47.0 cm³/mol. The Hall–Kier alpha value is -0.570. The fraction of sp³-hybridized carbons (Fsp3) is 0.889. The van der Waals surface area contributed by atoms with Crippen LogP contribution < -0.4 is 5.32 Å². The molecule has 0 aromatic heterocycles. The van der Waals surface area contributed by atoms with E-state index < -0.39 is 5.97 Å². The van der Waals surface area contributed by atoms with Crippen molar-refractivity contribution in [2.24, 2.45) is 11.8 Å². The van der Waals surface area contributed by atoms with Gasteiger partial charge in [-0.25, -0.2) is 0 Å². The minimum absolute atomic E-state index is 0.324. The van der Waals surface area contributed by atoms with Gasteiger partial charge in [-0.15, -0.1) is 0 Å². The van der Waals surface area contributed by atoms with Crippen molar-refractivity contribution in [2.45, 2.75) is 26.2 Å². The summed E-state index contributed by atoms with van der Waals surface area (Å²) in [5.41, 5.74) is 0. The fourth-order valence-electron chi connectivity index (χ4n) is 1.86. The Morgan fingerprint density at radius 1 is 1.58 bits per heavy atom. The molecule has 0 aliphatic carbocycles. The minimum atomic E-state index is -0.666. The minimum Gasteiger partial charge on any atom is -0.481 e. The van der Waals surface area contributed by atoms with Gasteiger partial charge in [-0.1, -0.05) is 6.92 Å². The quantitative estimate of drug-likeness (QED) is 0.668. The number of rotatable bonds is 3. The number of carboxylic acids is 1. The van der Waals surface area contributed by atoms with Crippen LogP contribution in [-0.2, 0) is 4.79 Å². The van der Waals surface area contributed by atoms with Gasteiger partial charge >= 0.3 is 5.97 Å². The lowest BCUT2D eigenvalue weighted by Crippen LogP contribution is -2.31. The molecule has 0 bridgehead atoms. The molecule has 1 heterocycles. The Balaban J connectivity index is 2.29. The number of hydrogen-bond donors (Lipinski definition) is 2. The van der Waals surface area contributed by atoms with Crippen LogP contribution >= 0.6 is 0 Å². The second-order valence-electron chi connectivity index (χ2n) is 3.66. The Kier molecular flexibility index (Phi) is 3.53. The molecule has 1 aliphatic rings. The highest BCUT2D eigenvalue weighted by Gasteiger charge is 2.21. The van der Waals surface area contributed by atoms with Gasteiger partial charge in [0.15, 0.2) is 0 Å². The highest BCUT2D eigenvalue weighted by Crippen LogP contribution is 2.23. The smallest absolute Gasteiger partial charge is 0.303 e. The number of aliphatic carboxylic acids is 1. The van der Waals surface area contributed by atoms with Crippen molar-refractivity contribution in [2.75, 3.05) is 13.1 Å². The normalized spacial score (nSPS) is 22.1. The molecular weight excluding hydrogens is 154 g/mol. The van der Waals surface area contributed by atoms with E-state index in [9.17, 15) is 4.79 Å². The summed E-state index contributed by atoms with van der Waals surface area (Å²) in [5, 5.41) is 11.9. The second-order valence-corrected chi connectivity index (χ2v) is 3.66. The van der Waals surface area contributed by atoms with E-state index in [1.807, 2.05) is 6.92 Å². The van der Waals surface area contributed by atoms with Gasteiger partial charge < -0.3 is 10.4 Å². The maximum absolute atomic E-state index is 10.4. The maximum Gasteiger partial charge on any atom is 0.303 e. The number of carbonyl (C=O) groups is 1. The van der Waals surface area contributed by atoms with E-state index >= 15 is 0 Å². The molecule has 1 aliphatic heterocycles. The van der Waals surface area contributed by atoms with Gasteiger partial charge in [0.2, 0.25) is 0 Å². The van der Waals surface area contributed by atoms with E-state index in [1.54, 1.807) is 0 Å². The third-order valence-corrected chi connectivity index (χ3v) is 2.69. The molecule has 70 valence electrons. The summed E-state index contributed by atoms with van der Waals surface area (Å²) in [6.07, 6.45) is 2.59. The van der Waals surface area contributed by atoms with E-state index in [4.69, 9.17) is 5.11 Å². The predicted octanol–water partition coefficient (Wildman–Crippen LogP) is 1.10. The number of nitrogens with one attached hydrogen (secondary N) is 1. The first-order valence-corrected chi connectivity index (χ1v) is 4.62. The van der Waals surface area contributed by atoms with Gasteiger partial charge in [-0.3, -0.25) is 4.79 Å². The summed E-state index contributed by atoms with van der Waals surface area (Å²) < 4.78 is 0. The standard InChI is InChI=1S/C9H17NO2/c1-7(6-9(11)12)8-2-4-10-5-3-8/h7-8,10H,2-6H2,1H3,(H,11,12)/t7-/m1/s1. The molecule has 0 spiro atoms. The van der Waals surface area contributed by atoms with Crippen LogP contribution in [0.15, 0.2) is 0 Å². The maximum atomic E-state index is 10.4. The molecule has 3 heteroatoms. The zero-order valence-electron chi connectivity index (χ0n) is 7.55. The summed E-state index contributed by atoms with van der Waals surface area (Å²) in [4.78, 5) is 10.4. The van der Waals surface area contributed by atoms with Crippen molar-refractivity contribution in [1.29, 1.82) is 0 Å². The first-order valence-electron chi connectivity index (χ1n) is 4.62. The van der Waals surface area contributed by atoms with Crippen molar-refractivity contribution in [1.82, 2.24) is 5.32 Å². The molecule has 3 nitrogen and oxygen atoms in total. The molecule has 1 rings (SSSR count). The summed E-state index contributed by atoms with van der Waals surface area (Å²) in [6, 6.07) is 0. The largest absolute Gasteiger partial charge is 0.481 e. The monoisotopic (exact) mass is 171 g/mol. The summed E-state index contributed by atoms with van der Waals surface area (Å²) >= 11 is 0. The Morgan fingerprint density at radius 2 is 2.17 bits per heavy atom.